The molecule has 0 radical (unpaired) electrons. The predicted octanol–water partition coefficient (Wildman–Crippen LogP) is 4.99. The van der Waals surface area contributed by atoms with Crippen LogP contribution < -0.4 is 5.32 Å². The SMILES string of the molecule is CNCc1ccc(-c2ccccc2C2CCC2)cc1Cl. The first-order valence-corrected chi connectivity index (χ1v) is 7.69. The Morgan fingerprint density at radius 2 is 1.95 bits per heavy atom. The monoisotopic (exact) mass is 285 g/mol. The lowest BCUT2D eigenvalue weighted by Crippen LogP contribution is -2.10. The summed E-state index contributed by atoms with van der Waals surface area (Å²) in [5.74, 6) is 0.738. The van der Waals surface area contributed by atoms with Crippen LogP contribution in [0.2, 0.25) is 5.02 Å². The average molecular weight is 286 g/mol. The zero-order valence-corrected chi connectivity index (χ0v) is 12.6. The molecule has 2 aromatic rings. The summed E-state index contributed by atoms with van der Waals surface area (Å²) in [5, 5.41) is 3.99. The zero-order valence-electron chi connectivity index (χ0n) is 11.8. The molecule has 0 atom stereocenters. The summed E-state index contributed by atoms with van der Waals surface area (Å²) in [5.41, 5.74) is 5.21. The molecule has 1 fully saturated rings. The van der Waals surface area contributed by atoms with Gasteiger partial charge >= 0.3 is 0 Å². The van der Waals surface area contributed by atoms with Gasteiger partial charge in [0.15, 0.2) is 0 Å². The van der Waals surface area contributed by atoms with Crippen LogP contribution in [0.3, 0.4) is 0 Å². The second-order valence-corrected chi connectivity index (χ2v) is 5.96. The maximum absolute atomic E-state index is 6.40. The topological polar surface area (TPSA) is 12.0 Å². The molecule has 3 rings (SSSR count). The maximum atomic E-state index is 6.40. The van der Waals surface area contributed by atoms with Crippen molar-refractivity contribution in [3.63, 3.8) is 0 Å². The highest BCUT2D eigenvalue weighted by atomic mass is 35.5. The van der Waals surface area contributed by atoms with E-state index in [9.17, 15) is 0 Å². The van der Waals surface area contributed by atoms with Crippen LogP contribution >= 0.6 is 11.6 Å². The second kappa shape index (κ2) is 5.99. The molecule has 104 valence electrons. The Balaban J connectivity index is 1.98. The van der Waals surface area contributed by atoms with E-state index in [-0.39, 0.29) is 0 Å². The maximum Gasteiger partial charge on any atom is 0.0457 e. The number of nitrogens with one attached hydrogen (secondary N) is 1. The molecule has 1 nitrogen and oxygen atoms in total. The summed E-state index contributed by atoms with van der Waals surface area (Å²) in [6.45, 7) is 0.809. The molecule has 1 aliphatic carbocycles. The van der Waals surface area contributed by atoms with Gasteiger partial charge in [-0.05, 0) is 54.1 Å². The predicted molar refractivity (Wildman–Crippen MR) is 86.2 cm³/mol. The molecule has 0 aromatic heterocycles. The van der Waals surface area contributed by atoms with E-state index in [4.69, 9.17) is 11.6 Å². The fourth-order valence-corrected chi connectivity index (χ4v) is 3.13. The quantitative estimate of drug-likeness (QED) is 0.834. The molecule has 0 heterocycles. The molecule has 0 unspecified atom stereocenters. The highest BCUT2D eigenvalue weighted by Crippen LogP contribution is 2.41. The van der Waals surface area contributed by atoms with Crippen LogP contribution in [0.15, 0.2) is 42.5 Å². The summed E-state index contributed by atoms with van der Waals surface area (Å²) in [7, 11) is 1.94. The van der Waals surface area contributed by atoms with Gasteiger partial charge < -0.3 is 5.32 Å². The zero-order chi connectivity index (χ0) is 13.9. The van der Waals surface area contributed by atoms with Crippen LogP contribution in [-0.4, -0.2) is 7.05 Å². The van der Waals surface area contributed by atoms with Crippen LogP contribution in [0.25, 0.3) is 11.1 Å². The molecule has 0 amide bonds. The largest absolute Gasteiger partial charge is 0.316 e. The molecule has 1 N–H and O–H groups in total. The van der Waals surface area contributed by atoms with E-state index in [1.165, 1.54) is 36.0 Å². The van der Waals surface area contributed by atoms with Crippen molar-refractivity contribution in [1.82, 2.24) is 5.32 Å². The van der Waals surface area contributed by atoms with E-state index in [0.29, 0.717) is 0 Å². The van der Waals surface area contributed by atoms with Crippen molar-refractivity contribution in [2.24, 2.45) is 0 Å². The van der Waals surface area contributed by atoms with Gasteiger partial charge in [-0.15, -0.1) is 0 Å². The second-order valence-electron chi connectivity index (χ2n) is 5.55. The lowest BCUT2D eigenvalue weighted by Gasteiger charge is -2.28. The smallest absolute Gasteiger partial charge is 0.0457 e. The highest BCUT2D eigenvalue weighted by Gasteiger charge is 2.22. The van der Waals surface area contributed by atoms with Gasteiger partial charge in [0.05, 0.1) is 0 Å². The molecular weight excluding hydrogens is 266 g/mol. The third-order valence-electron chi connectivity index (χ3n) is 4.24. The summed E-state index contributed by atoms with van der Waals surface area (Å²) in [6, 6.07) is 15.2. The Kier molecular flexibility index (Phi) is 4.09. The van der Waals surface area contributed by atoms with E-state index in [1.54, 1.807) is 0 Å². The Hall–Kier alpha value is -1.31. The van der Waals surface area contributed by atoms with E-state index in [2.05, 4.69) is 47.8 Å². The standard InChI is InChI=1S/C18H20ClN/c1-20-12-15-10-9-14(11-18(15)19)17-8-3-2-7-16(17)13-5-4-6-13/h2-3,7-11,13,20H,4-6,12H2,1H3. The number of hydrogen-bond acceptors (Lipinski definition) is 1. The average Bonchev–Trinajstić information content (AvgIpc) is 2.40. The minimum absolute atomic E-state index is 0.738. The Morgan fingerprint density at radius 3 is 2.60 bits per heavy atom. The number of benzene rings is 2. The molecule has 1 aliphatic rings. The first-order chi connectivity index (χ1) is 9.79. The van der Waals surface area contributed by atoms with Crippen molar-refractivity contribution in [1.29, 1.82) is 0 Å². The summed E-state index contributed by atoms with van der Waals surface area (Å²) in [4.78, 5) is 0. The lowest BCUT2D eigenvalue weighted by atomic mass is 9.77. The van der Waals surface area contributed by atoms with Crippen molar-refractivity contribution in [3.05, 3.63) is 58.6 Å². The van der Waals surface area contributed by atoms with E-state index in [1.807, 2.05) is 7.05 Å². The fourth-order valence-electron chi connectivity index (χ4n) is 2.88. The molecule has 2 aromatic carbocycles. The van der Waals surface area contributed by atoms with Gasteiger partial charge in [-0.25, -0.2) is 0 Å². The molecule has 2 heteroatoms. The van der Waals surface area contributed by atoms with Gasteiger partial charge in [0, 0.05) is 11.6 Å². The van der Waals surface area contributed by atoms with Crippen LogP contribution in [0.1, 0.15) is 36.3 Å². The van der Waals surface area contributed by atoms with Crippen molar-refractivity contribution >= 4 is 11.6 Å². The number of hydrogen-bond donors (Lipinski definition) is 1. The van der Waals surface area contributed by atoms with Gasteiger partial charge in [-0.1, -0.05) is 54.4 Å². The van der Waals surface area contributed by atoms with E-state index >= 15 is 0 Å². The fraction of sp³-hybridized carbons (Fsp3) is 0.333. The minimum atomic E-state index is 0.738. The third kappa shape index (κ3) is 2.61. The Labute approximate surface area is 126 Å². The van der Waals surface area contributed by atoms with Gasteiger partial charge in [0.1, 0.15) is 0 Å². The Bertz CT molecular complexity index is 602. The minimum Gasteiger partial charge on any atom is -0.316 e. The molecule has 20 heavy (non-hydrogen) atoms. The molecule has 0 saturated heterocycles. The van der Waals surface area contributed by atoms with Crippen molar-refractivity contribution in [2.45, 2.75) is 31.7 Å². The van der Waals surface area contributed by atoms with Crippen molar-refractivity contribution in [3.8, 4) is 11.1 Å². The van der Waals surface area contributed by atoms with Gasteiger partial charge in [0.2, 0.25) is 0 Å². The summed E-state index contributed by atoms with van der Waals surface area (Å²) < 4.78 is 0. The van der Waals surface area contributed by atoms with E-state index < -0.39 is 0 Å². The first-order valence-electron chi connectivity index (χ1n) is 7.32. The van der Waals surface area contributed by atoms with Crippen LogP contribution in [0.4, 0.5) is 0 Å². The molecule has 0 aliphatic heterocycles. The lowest BCUT2D eigenvalue weighted by molar-refractivity contribution is 0.420. The Morgan fingerprint density at radius 1 is 1.15 bits per heavy atom. The van der Waals surface area contributed by atoms with Gasteiger partial charge in [-0.3, -0.25) is 0 Å². The highest BCUT2D eigenvalue weighted by molar-refractivity contribution is 6.31. The summed E-state index contributed by atoms with van der Waals surface area (Å²) >= 11 is 6.40. The molecular formula is C18H20ClN. The van der Waals surface area contributed by atoms with E-state index in [0.717, 1.165) is 23.0 Å². The number of halogens is 1. The molecule has 0 spiro atoms. The van der Waals surface area contributed by atoms with Crippen molar-refractivity contribution in [2.75, 3.05) is 7.05 Å². The van der Waals surface area contributed by atoms with Crippen LogP contribution in [0, 0.1) is 0 Å². The van der Waals surface area contributed by atoms with Crippen LogP contribution in [0.5, 0.6) is 0 Å². The first kappa shape index (κ1) is 13.7. The van der Waals surface area contributed by atoms with Crippen LogP contribution in [-0.2, 0) is 6.54 Å². The molecule has 1 saturated carbocycles. The van der Waals surface area contributed by atoms with Gasteiger partial charge in [-0.2, -0.15) is 0 Å². The van der Waals surface area contributed by atoms with Crippen molar-refractivity contribution < 1.29 is 0 Å². The number of rotatable bonds is 4. The molecule has 0 bridgehead atoms. The normalized spacial score (nSPS) is 15.1. The summed E-state index contributed by atoms with van der Waals surface area (Å²) in [6.07, 6.45) is 4.01. The van der Waals surface area contributed by atoms with Gasteiger partial charge in [0.25, 0.3) is 0 Å². The third-order valence-corrected chi connectivity index (χ3v) is 4.59.